The lowest BCUT2D eigenvalue weighted by Crippen LogP contribution is -2.09. The van der Waals surface area contributed by atoms with Gasteiger partial charge in [-0.2, -0.15) is 4.36 Å². The minimum absolute atomic E-state index is 0.0634. The Morgan fingerprint density at radius 3 is 2.67 bits per heavy atom. The van der Waals surface area contributed by atoms with Crippen molar-refractivity contribution in [3.05, 3.63) is 54.0 Å². The summed E-state index contributed by atoms with van der Waals surface area (Å²) in [4.78, 5) is 27.1. The Bertz CT molecular complexity index is 890. The van der Waals surface area contributed by atoms with Crippen molar-refractivity contribution in [2.45, 2.75) is 18.4 Å². The van der Waals surface area contributed by atoms with Crippen LogP contribution >= 0.6 is 0 Å². The third kappa shape index (κ3) is 4.69. The summed E-state index contributed by atoms with van der Waals surface area (Å²) < 4.78 is 34.4. The average Bonchev–Trinajstić information content (AvgIpc) is 2.50. The third-order valence-corrected chi connectivity index (χ3v) is 4.50. The van der Waals surface area contributed by atoms with E-state index in [4.69, 9.17) is 4.74 Å². The number of ether oxygens (including phenoxy) is 1. The van der Waals surface area contributed by atoms with Crippen LogP contribution in [0.3, 0.4) is 0 Å². The molecule has 8 heteroatoms. The number of nitrogens with zero attached hydrogens (tertiary/aromatic N) is 2. The Kier molecular flexibility index (Phi) is 5.40. The number of amides is 1. The number of carbonyl (C=O) groups is 2. The first-order chi connectivity index (χ1) is 11.3. The number of halogens is 1. The second-order valence-electron chi connectivity index (χ2n) is 4.98. The monoisotopic (exact) mass is 350 g/mol. The van der Waals surface area contributed by atoms with Crippen LogP contribution in [0.25, 0.3) is 0 Å². The molecule has 0 aliphatic heterocycles. The molecular formula is C16H15FN2O4S. The predicted molar refractivity (Wildman–Crippen MR) is 85.4 cm³/mol. The summed E-state index contributed by atoms with van der Waals surface area (Å²) in [5.74, 6) is -1.99. The standard InChI is InChI=1S/C16H15FN2O4S/c1-11(20)23-14-10-13(17)7-6-12(14)9-15(21)19-24(2,22)16-5-3-4-8-18-16/h3-8,10H,9H2,1-2H3. The summed E-state index contributed by atoms with van der Waals surface area (Å²) in [6.07, 6.45) is 2.49. The fraction of sp³-hybridized carbons (Fsp3) is 0.188. The summed E-state index contributed by atoms with van der Waals surface area (Å²) in [7, 11) is -2.99. The fourth-order valence-electron chi connectivity index (χ4n) is 1.93. The molecule has 0 saturated carbocycles. The van der Waals surface area contributed by atoms with Gasteiger partial charge in [-0.1, -0.05) is 12.1 Å². The molecule has 0 aliphatic carbocycles. The second kappa shape index (κ2) is 7.31. The van der Waals surface area contributed by atoms with Gasteiger partial charge in [0.1, 0.15) is 16.6 Å². The van der Waals surface area contributed by atoms with E-state index in [2.05, 4.69) is 9.35 Å². The van der Waals surface area contributed by atoms with Crippen LogP contribution in [-0.2, 0) is 25.7 Å². The topological polar surface area (TPSA) is 85.7 Å². The lowest BCUT2D eigenvalue weighted by molar-refractivity contribution is -0.132. The van der Waals surface area contributed by atoms with E-state index in [0.717, 1.165) is 12.1 Å². The van der Waals surface area contributed by atoms with Crippen molar-refractivity contribution < 1.29 is 22.9 Å². The van der Waals surface area contributed by atoms with Gasteiger partial charge in [-0.05, 0) is 18.2 Å². The normalized spacial score (nSPS) is 13.0. The fourth-order valence-corrected chi connectivity index (χ4v) is 3.07. The van der Waals surface area contributed by atoms with Crippen molar-refractivity contribution in [2.75, 3.05) is 6.26 Å². The molecule has 6 nitrogen and oxygen atoms in total. The highest BCUT2D eigenvalue weighted by atomic mass is 32.2. The van der Waals surface area contributed by atoms with Crippen LogP contribution in [0.2, 0.25) is 0 Å². The van der Waals surface area contributed by atoms with Crippen molar-refractivity contribution in [1.29, 1.82) is 0 Å². The number of esters is 1. The van der Waals surface area contributed by atoms with Crippen molar-refractivity contribution in [2.24, 2.45) is 4.36 Å². The van der Waals surface area contributed by atoms with Gasteiger partial charge in [0.05, 0.1) is 16.1 Å². The van der Waals surface area contributed by atoms with Gasteiger partial charge in [0.25, 0.3) is 5.91 Å². The van der Waals surface area contributed by atoms with Gasteiger partial charge in [0.2, 0.25) is 0 Å². The van der Waals surface area contributed by atoms with Gasteiger partial charge in [-0.3, -0.25) is 9.59 Å². The smallest absolute Gasteiger partial charge is 0.308 e. The molecule has 1 heterocycles. The van der Waals surface area contributed by atoms with E-state index in [0.29, 0.717) is 0 Å². The number of hydrogen-bond acceptors (Lipinski definition) is 5. The van der Waals surface area contributed by atoms with Crippen LogP contribution < -0.4 is 4.74 Å². The number of rotatable bonds is 4. The maximum Gasteiger partial charge on any atom is 0.308 e. The Labute approximate surface area is 138 Å². The van der Waals surface area contributed by atoms with Gasteiger partial charge in [0.15, 0.2) is 0 Å². The third-order valence-electron chi connectivity index (χ3n) is 2.93. The number of benzene rings is 1. The lowest BCUT2D eigenvalue weighted by atomic mass is 10.1. The Morgan fingerprint density at radius 1 is 1.29 bits per heavy atom. The molecule has 1 unspecified atom stereocenters. The van der Waals surface area contributed by atoms with Gasteiger partial charge in [0, 0.05) is 31.0 Å². The minimum Gasteiger partial charge on any atom is -0.426 e. The summed E-state index contributed by atoms with van der Waals surface area (Å²) >= 11 is 0. The molecule has 0 saturated heterocycles. The highest BCUT2D eigenvalue weighted by Gasteiger charge is 2.15. The molecule has 0 radical (unpaired) electrons. The molecular weight excluding hydrogens is 335 g/mol. The first-order valence-corrected chi connectivity index (χ1v) is 8.83. The number of aromatic nitrogens is 1. The number of carbonyl (C=O) groups excluding carboxylic acids is 2. The van der Waals surface area contributed by atoms with Crippen LogP contribution in [0, 0.1) is 5.82 Å². The quantitative estimate of drug-likeness (QED) is 0.624. The van der Waals surface area contributed by atoms with Gasteiger partial charge in [-0.25, -0.2) is 13.6 Å². The van der Waals surface area contributed by atoms with Crippen LogP contribution in [0.4, 0.5) is 4.39 Å². The van der Waals surface area contributed by atoms with Crippen molar-refractivity contribution in [3.8, 4) is 5.75 Å². The molecule has 0 aliphatic rings. The predicted octanol–water partition coefficient (Wildman–Crippen LogP) is 2.37. The van der Waals surface area contributed by atoms with E-state index >= 15 is 0 Å². The van der Waals surface area contributed by atoms with E-state index < -0.39 is 27.4 Å². The highest BCUT2D eigenvalue weighted by Crippen LogP contribution is 2.21. The van der Waals surface area contributed by atoms with Gasteiger partial charge >= 0.3 is 5.97 Å². The molecule has 2 rings (SSSR count). The number of hydrogen-bond donors (Lipinski definition) is 0. The molecule has 1 atom stereocenters. The Balaban J connectivity index is 2.29. The first kappa shape index (κ1) is 17.7. The second-order valence-corrected chi connectivity index (χ2v) is 7.18. The molecule has 1 amide bonds. The summed E-state index contributed by atoms with van der Waals surface area (Å²) in [6, 6.07) is 8.28. The molecule has 1 aromatic carbocycles. The van der Waals surface area contributed by atoms with Gasteiger partial charge in [-0.15, -0.1) is 0 Å². The van der Waals surface area contributed by atoms with Crippen LogP contribution in [-0.4, -0.2) is 27.3 Å². The average molecular weight is 350 g/mol. The van der Waals surface area contributed by atoms with E-state index in [9.17, 15) is 18.2 Å². The van der Waals surface area contributed by atoms with E-state index in [1.165, 1.54) is 31.5 Å². The van der Waals surface area contributed by atoms with Crippen LogP contribution in [0.15, 0.2) is 52.0 Å². The maximum atomic E-state index is 13.3. The zero-order chi connectivity index (χ0) is 17.7. The molecule has 0 bridgehead atoms. The largest absolute Gasteiger partial charge is 0.426 e. The summed E-state index contributed by atoms with van der Waals surface area (Å²) in [5, 5.41) is 0.192. The van der Waals surface area contributed by atoms with E-state index in [-0.39, 0.29) is 22.8 Å². The summed E-state index contributed by atoms with van der Waals surface area (Å²) in [5.41, 5.74) is 0.275. The van der Waals surface area contributed by atoms with Crippen LogP contribution in [0.5, 0.6) is 5.75 Å². The minimum atomic E-state index is -2.99. The van der Waals surface area contributed by atoms with Crippen molar-refractivity contribution in [1.82, 2.24) is 4.98 Å². The maximum absolute atomic E-state index is 13.3. The van der Waals surface area contributed by atoms with E-state index in [1.807, 2.05) is 0 Å². The van der Waals surface area contributed by atoms with E-state index in [1.54, 1.807) is 12.1 Å². The SMILES string of the molecule is CC(=O)Oc1cc(F)ccc1CC(=O)N=S(C)(=O)c1ccccn1. The van der Waals surface area contributed by atoms with Crippen LogP contribution in [0.1, 0.15) is 12.5 Å². The molecule has 2 aromatic rings. The molecule has 24 heavy (non-hydrogen) atoms. The zero-order valence-corrected chi connectivity index (χ0v) is 13.9. The van der Waals surface area contributed by atoms with Crippen molar-refractivity contribution >= 4 is 21.6 Å². The lowest BCUT2D eigenvalue weighted by Gasteiger charge is -2.08. The Hall–Kier alpha value is -2.61. The zero-order valence-electron chi connectivity index (χ0n) is 13.1. The molecule has 0 fully saturated rings. The van der Waals surface area contributed by atoms with Gasteiger partial charge < -0.3 is 4.74 Å². The first-order valence-electron chi connectivity index (χ1n) is 6.91. The van der Waals surface area contributed by atoms with Crippen molar-refractivity contribution in [3.63, 3.8) is 0 Å². The molecule has 0 spiro atoms. The number of pyridine rings is 1. The molecule has 1 aromatic heterocycles. The highest BCUT2D eigenvalue weighted by molar-refractivity contribution is 7.93. The molecule has 126 valence electrons. The Morgan fingerprint density at radius 2 is 2.04 bits per heavy atom. The molecule has 0 N–H and O–H groups in total. The summed E-state index contributed by atoms with van der Waals surface area (Å²) in [6.45, 7) is 1.17.